The third-order valence-corrected chi connectivity index (χ3v) is 5.02. The van der Waals surface area contributed by atoms with Gasteiger partial charge < -0.3 is 20.2 Å². The average Bonchev–Trinajstić information content (AvgIpc) is 3.00. The summed E-state index contributed by atoms with van der Waals surface area (Å²) in [4.78, 5) is 50.8. The molecule has 8 nitrogen and oxygen atoms in total. The van der Waals surface area contributed by atoms with Crippen LogP contribution in [0.15, 0.2) is 24.3 Å². The van der Waals surface area contributed by atoms with Crippen molar-refractivity contribution in [2.75, 3.05) is 23.3 Å². The molecular formula is C18H21N3O5. The van der Waals surface area contributed by atoms with Crippen LogP contribution in [0.1, 0.15) is 26.2 Å². The summed E-state index contributed by atoms with van der Waals surface area (Å²) < 4.78 is 0. The largest absolute Gasteiger partial charge is 0.481 e. The highest BCUT2D eigenvalue weighted by Crippen LogP contribution is 2.30. The van der Waals surface area contributed by atoms with Crippen molar-refractivity contribution in [2.24, 2.45) is 5.92 Å². The molecule has 2 aliphatic rings. The number of rotatable bonds is 4. The summed E-state index contributed by atoms with van der Waals surface area (Å²) in [6, 6.07) is 6.63. The molecule has 0 aromatic heterocycles. The normalized spacial score (nSPS) is 22.0. The molecule has 1 aromatic carbocycles. The minimum Gasteiger partial charge on any atom is -0.481 e. The van der Waals surface area contributed by atoms with Crippen molar-refractivity contribution in [3.05, 3.63) is 24.3 Å². The first-order chi connectivity index (χ1) is 12.4. The lowest BCUT2D eigenvalue weighted by Gasteiger charge is -2.29. The first-order valence-corrected chi connectivity index (χ1v) is 8.60. The Morgan fingerprint density at radius 2 is 1.88 bits per heavy atom. The lowest BCUT2D eigenvalue weighted by molar-refractivity contribution is -0.143. The molecular weight excluding hydrogens is 338 g/mol. The Kier molecular flexibility index (Phi) is 4.92. The lowest BCUT2D eigenvalue weighted by Crippen LogP contribution is -2.43. The van der Waals surface area contributed by atoms with E-state index >= 15 is 0 Å². The molecule has 3 rings (SSSR count). The van der Waals surface area contributed by atoms with E-state index in [1.807, 2.05) is 0 Å². The fourth-order valence-corrected chi connectivity index (χ4v) is 3.57. The van der Waals surface area contributed by atoms with E-state index in [2.05, 4.69) is 5.32 Å². The molecule has 2 unspecified atom stereocenters. The Bertz CT molecular complexity index is 763. The Balaban J connectivity index is 1.62. The summed E-state index contributed by atoms with van der Waals surface area (Å²) >= 11 is 0. The van der Waals surface area contributed by atoms with Gasteiger partial charge in [-0.3, -0.25) is 19.2 Å². The van der Waals surface area contributed by atoms with Gasteiger partial charge in [0.15, 0.2) is 0 Å². The van der Waals surface area contributed by atoms with Gasteiger partial charge >= 0.3 is 5.97 Å². The third kappa shape index (κ3) is 3.40. The Hall–Kier alpha value is -2.90. The third-order valence-electron chi connectivity index (χ3n) is 5.02. The molecule has 2 heterocycles. The molecule has 0 aliphatic carbocycles. The van der Waals surface area contributed by atoms with Gasteiger partial charge in [0, 0.05) is 25.4 Å². The topological polar surface area (TPSA) is 107 Å². The van der Waals surface area contributed by atoms with Gasteiger partial charge in [-0.25, -0.2) is 0 Å². The molecule has 1 aromatic rings. The molecule has 8 heteroatoms. The average molecular weight is 359 g/mol. The molecule has 1 saturated heterocycles. The zero-order valence-corrected chi connectivity index (χ0v) is 14.5. The molecule has 0 saturated carbocycles. The molecule has 2 aliphatic heterocycles. The number of carboxylic acids is 1. The van der Waals surface area contributed by atoms with Crippen LogP contribution in [0.25, 0.3) is 0 Å². The zero-order valence-electron chi connectivity index (χ0n) is 14.5. The number of amides is 3. The zero-order chi connectivity index (χ0) is 18.8. The van der Waals surface area contributed by atoms with Crippen LogP contribution >= 0.6 is 0 Å². The van der Waals surface area contributed by atoms with E-state index in [1.54, 1.807) is 31.2 Å². The number of carboxylic acid groups (broad SMARTS) is 1. The minimum atomic E-state index is -0.903. The number of nitrogens with one attached hydrogen (secondary N) is 1. The Morgan fingerprint density at radius 3 is 2.58 bits per heavy atom. The molecule has 26 heavy (non-hydrogen) atoms. The molecule has 3 amide bonds. The highest BCUT2D eigenvalue weighted by atomic mass is 16.4. The number of para-hydroxylation sites is 2. The van der Waals surface area contributed by atoms with Crippen LogP contribution < -0.4 is 10.2 Å². The van der Waals surface area contributed by atoms with E-state index in [9.17, 15) is 19.2 Å². The summed E-state index contributed by atoms with van der Waals surface area (Å²) in [5.41, 5.74) is 1.19. The van der Waals surface area contributed by atoms with Crippen molar-refractivity contribution < 1.29 is 24.3 Å². The van der Waals surface area contributed by atoms with E-state index in [-0.39, 0.29) is 43.1 Å². The molecule has 0 radical (unpaired) electrons. The first kappa shape index (κ1) is 17.9. The van der Waals surface area contributed by atoms with Gasteiger partial charge in [0.2, 0.25) is 17.7 Å². The van der Waals surface area contributed by atoms with Gasteiger partial charge in [-0.2, -0.15) is 0 Å². The van der Waals surface area contributed by atoms with E-state index in [0.717, 1.165) is 0 Å². The Morgan fingerprint density at radius 1 is 1.19 bits per heavy atom. The number of carbonyl (C=O) groups is 4. The molecule has 0 spiro atoms. The fraction of sp³-hybridized carbons (Fsp3) is 0.444. The van der Waals surface area contributed by atoms with Gasteiger partial charge in [-0.15, -0.1) is 0 Å². The van der Waals surface area contributed by atoms with Crippen LogP contribution in [-0.2, 0) is 19.2 Å². The number of fused-ring (bicyclic) bond motifs is 1. The molecule has 138 valence electrons. The van der Waals surface area contributed by atoms with Gasteiger partial charge in [0.1, 0.15) is 6.54 Å². The number of aliphatic carboxylic acids is 1. The van der Waals surface area contributed by atoms with Crippen LogP contribution in [0, 0.1) is 5.92 Å². The van der Waals surface area contributed by atoms with Crippen molar-refractivity contribution in [3.8, 4) is 0 Å². The monoisotopic (exact) mass is 359 g/mol. The summed E-state index contributed by atoms with van der Waals surface area (Å²) in [7, 11) is 0. The number of likely N-dealkylation sites (tertiary alicyclic amines) is 1. The van der Waals surface area contributed by atoms with Crippen LogP contribution in [0.2, 0.25) is 0 Å². The van der Waals surface area contributed by atoms with Crippen LogP contribution in [-0.4, -0.2) is 52.8 Å². The minimum absolute atomic E-state index is 0.00417. The highest BCUT2D eigenvalue weighted by molar-refractivity contribution is 6.10. The van der Waals surface area contributed by atoms with Crippen LogP contribution in [0.5, 0.6) is 0 Å². The summed E-state index contributed by atoms with van der Waals surface area (Å²) in [5.74, 6) is -2.28. The van der Waals surface area contributed by atoms with Crippen LogP contribution in [0.4, 0.5) is 11.4 Å². The summed E-state index contributed by atoms with van der Waals surface area (Å²) in [6.45, 7) is 2.03. The summed E-state index contributed by atoms with van der Waals surface area (Å²) in [5, 5.41) is 11.9. The highest BCUT2D eigenvalue weighted by Gasteiger charge is 2.38. The predicted molar refractivity (Wildman–Crippen MR) is 93.6 cm³/mol. The first-order valence-electron chi connectivity index (χ1n) is 8.60. The van der Waals surface area contributed by atoms with Crippen molar-refractivity contribution >= 4 is 35.1 Å². The number of carbonyl (C=O) groups excluding carboxylic acids is 3. The van der Waals surface area contributed by atoms with E-state index in [1.165, 1.54) is 9.80 Å². The fourth-order valence-electron chi connectivity index (χ4n) is 3.57. The number of nitrogens with zero attached hydrogens (tertiary/aromatic N) is 2. The molecule has 0 bridgehead atoms. The summed E-state index contributed by atoms with van der Waals surface area (Å²) in [6.07, 6.45) is 0.396. The Labute approximate surface area is 150 Å². The van der Waals surface area contributed by atoms with Crippen molar-refractivity contribution in [2.45, 2.75) is 32.2 Å². The number of hydrogen-bond donors (Lipinski definition) is 2. The number of anilines is 2. The second-order valence-corrected chi connectivity index (χ2v) is 6.61. The second-order valence-electron chi connectivity index (χ2n) is 6.61. The van der Waals surface area contributed by atoms with Crippen molar-refractivity contribution in [1.82, 2.24) is 4.90 Å². The molecule has 2 atom stereocenters. The van der Waals surface area contributed by atoms with Gasteiger partial charge in [0.05, 0.1) is 17.3 Å². The standard InChI is InChI=1S/C18H21N3O5/c1-11-12(18(25)26)8-9-20(11)16(23)6-7-17(24)21-10-15(22)19-13-4-2-3-5-14(13)21/h2-5,11-12H,6-10H2,1H3,(H,19,22)(H,25,26). The lowest BCUT2D eigenvalue weighted by atomic mass is 10.0. The molecule has 1 fully saturated rings. The molecule has 2 N–H and O–H groups in total. The van der Waals surface area contributed by atoms with Crippen LogP contribution in [0.3, 0.4) is 0 Å². The quantitative estimate of drug-likeness (QED) is 0.836. The predicted octanol–water partition coefficient (Wildman–Crippen LogP) is 1.07. The van der Waals surface area contributed by atoms with Gasteiger partial charge in [0.25, 0.3) is 0 Å². The SMILES string of the molecule is CC1C(C(=O)O)CCN1C(=O)CCC(=O)N1CC(=O)Nc2ccccc21. The van der Waals surface area contributed by atoms with Gasteiger partial charge in [-0.1, -0.05) is 12.1 Å². The maximum Gasteiger partial charge on any atom is 0.308 e. The van der Waals surface area contributed by atoms with Gasteiger partial charge in [-0.05, 0) is 25.5 Å². The van der Waals surface area contributed by atoms with Crippen molar-refractivity contribution in [3.63, 3.8) is 0 Å². The van der Waals surface area contributed by atoms with E-state index in [0.29, 0.717) is 24.3 Å². The smallest absolute Gasteiger partial charge is 0.308 e. The number of hydrogen-bond acceptors (Lipinski definition) is 4. The number of benzene rings is 1. The second kappa shape index (κ2) is 7.15. The van der Waals surface area contributed by atoms with E-state index in [4.69, 9.17) is 5.11 Å². The maximum atomic E-state index is 12.6. The van der Waals surface area contributed by atoms with Crippen molar-refractivity contribution in [1.29, 1.82) is 0 Å². The maximum absolute atomic E-state index is 12.6. The van der Waals surface area contributed by atoms with E-state index < -0.39 is 11.9 Å².